The maximum Gasteiger partial charge on any atom is 0.0962 e. The van der Waals surface area contributed by atoms with Crippen LogP contribution < -0.4 is 5.73 Å². The van der Waals surface area contributed by atoms with E-state index in [-0.39, 0.29) is 0 Å². The monoisotopic (exact) mass is 240 g/mol. The summed E-state index contributed by atoms with van der Waals surface area (Å²) in [5.74, 6) is 0. The van der Waals surface area contributed by atoms with Gasteiger partial charge in [-0.1, -0.05) is 37.8 Å². The molecule has 0 atom stereocenters. The Labute approximate surface area is 103 Å². The fourth-order valence-corrected chi connectivity index (χ4v) is 1.61. The summed E-state index contributed by atoms with van der Waals surface area (Å²) >= 11 is 0. The summed E-state index contributed by atoms with van der Waals surface area (Å²) in [5.41, 5.74) is 6.27. The van der Waals surface area contributed by atoms with Crippen LogP contribution in [-0.2, 0) is 17.8 Å². The average Bonchev–Trinajstić information content (AvgIpc) is 2.80. The van der Waals surface area contributed by atoms with Crippen molar-refractivity contribution in [3.05, 3.63) is 11.9 Å². The fraction of sp³-hybridized carbons (Fsp3) is 0.833. The molecule has 1 aromatic rings. The first kappa shape index (κ1) is 14.1. The highest BCUT2D eigenvalue weighted by Gasteiger charge is 1.97. The average molecular weight is 240 g/mol. The van der Waals surface area contributed by atoms with E-state index in [0.29, 0.717) is 13.2 Å². The number of rotatable bonds is 10. The van der Waals surface area contributed by atoms with Crippen LogP contribution in [-0.4, -0.2) is 28.2 Å². The molecule has 0 radical (unpaired) electrons. The summed E-state index contributed by atoms with van der Waals surface area (Å²) in [5, 5.41) is 7.87. The highest BCUT2D eigenvalue weighted by molar-refractivity contribution is 4.90. The zero-order chi connectivity index (χ0) is 12.3. The molecule has 0 bridgehead atoms. The van der Waals surface area contributed by atoms with Crippen molar-refractivity contribution in [3.8, 4) is 0 Å². The van der Waals surface area contributed by atoms with Crippen LogP contribution in [0.25, 0.3) is 0 Å². The van der Waals surface area contributed by atoms with Crippen LogP contribution >= 0.6 is 0 Å². The van der Waals surface area contributed by atoms with Crippen molar-refractivity contribution in [2.75, 3.05) is 13.2 Å². The first-order chi connectivity index (χ1) is 8.36. The second kappa shape index (κ2) is 9.13. The van der Waals surface area contributed by atoms with Gasteiger partial charge in [-0.05, 0) is 6.42 Å². The Balaban J connectivity index is 1.93. The molecule has 0 aliphatic carbocycles. The topological polar surface area (TPSA) is 66.0 Å². The molecule has 0 spiro atoms. The van der Waals surface area contributed by atoms with Crippen molar-refractivity contribution in [1.29, 1.82) is 0 Å². The maximum atomic E-state index is 5.54. The predicted octanol–water partition coefficient (Wildman–Crippen LogP) is 1.72. The van der Waals surface area contributed by atoms with Gasteiger partial charge in [-0.15, -0.1) is 5.10 Å². The lowest BCUT2D eigenvalue weighted by Crippen LogP contribution is -2.07. The Morgan fingerprint density at radius 2 is 2.06 bits per heavy atom. The minimum absolute atomic E-state index is 0.443. The van der Waals surface area contributed by atoms with Gasteiger partial charge in [0, 0.05) is 19.3 Å². The lowest BCUT2D eigenvalue weighted by atomic mass is 10.2. The van der Waals surface area contributed by atoms with Gasteiger partial charge in [-0.3, -0.25) is 0 Å². The van der Waals surface area contributed by atoms with Crippen molar-refractivity contribution < 1.29 is 4.74 Å². The van der Waals surface area contributed by atoms with Crippen LogP contribution in [0.1, 0.15) is 44.7 Å². The van der Waals surface area contributed by atoms with E-state index >= 15 is 0 Å². The molecule has 0 fully saturated rings. The number of unbranched alkanes of at least 4 members (excludes halogenated alkanes) is 4. The number of aromatic nitrogens is 3. The molecule has 98 valence electrons. The fourth-order valence-electron chi connectivity index (χ4n) is 1.61. The SMILES string of the molecule is CCCCCCCOCCn1cc(CN)nn1. The number of ether oxygens (including phenoxy) is 1. The summed E-state index contributed by atoms with van der Waals surface area (Å²) in [6.07, 6.45) is 8.24. The molecule has 0 aromatic carbocycles. The van der Waals surface area contributed by atoms with Gasteiger partial charge in [-0.25, -0.2) is 4.68 Å². The first-order valence-corrected chi connectivity index (χ1v) is 6.53. The molecule has 2 N–H and O–H groups in total. The summed E-state index contributed by atoms with van der Waals surface area (Å²) in [6.45, 7) is 4.97. The molecular weight excluding hydrogens is 216 g/mol. The van der Waals surface area contributed by atoms with Crippen molar-refractivity contribution >= 4 is 0 Å². The Morgan fingerprint density at radius 3 is 2.76 bits per heavy atom. The Kier molecular flexibility index (Phi) is 7.58. The lowest BCUT2D eigenvalue weighted by molar-refractivity contribution is 0.119. The van der Waals surface area contributed by atoms with E-state index in [1.165, 1.54) is 25.7 Å². The molecule has 0 unspecified atom stereocenters. The zero-order valence-corrected chi connectivity index (χ0v) is 10.8. The van der Waals surface area contributed by atoms with Crippen molar-refractivity contribution in [2.45, 2.75) is 52.1 Å². The molecule has 5 heteroatoms. The smallest absolute Gasteiger partial charge is 0.0962 e. The van der Waals surface area contributed by atoms with Gasteiger partial charge < -0.3 is 10.5 Å². The van der Waals surface area contributed by atoms with E-state index in [1.807, 2.05) is 6.20 Å². The summed E-state index contributed by atoms with van der Waals surface area (Å²) < 4.78 is 7.32. The number of nitrogens with zero attached hydrogens (tertiary/aromatic N) is 3. The van der Waals surface area contributed by atoms with E-state index < -0.39 is 0 Å². The van der Waals surface area contributed by atoms with Crippen LogP contribution in [0.15, 0.2) is 6.20 Å². The van der Waals surface area contributed by atoms with Gasteiger partial charge in [0.15, 0.2) is 0 Å². The molecule has 5 nitrogen and oxygen atoms in total. The van der Waals surface area contributed by atoms with Crippen LogP contribution in [0.2, 0.25) is 0 Å². The summed E-state index contributed by atoms with van der Waals surface area (Å²) in [7, 11) is 0. The van der Waals surface area contributed by atoms with Gasteiger partial charge in [0.05, 0.1) is 18.8 Å². The van der Waals surface area contributed by atoms with Crippen molar-refractivity contribution in [3.63, 3.8) is 0 Å². The third-order valence-electron chi connectivity index (χ3n) is 2.65. The van der Waals surface area contributed by atoms with E-state index in [2.05, 4.69) is 17.2 Å². The first-order valence-electron chi connectivity index (χ1n) is 6.53. The normalized spacial score (nSPS) is 10.9. The Morgan fingerprint density at radius 1 is 1.24 bits per heavy atom. The Bertz CT molecular complexity index is 288. The molecule has 1 heterocycles. The molecule has 0 saturated carbocycles. The van der Waals surface area contributed by atoms with Crippen LogP contribution in [0.5, 0.6) is 0 Å². The predicted molar refractivity (Wildman–Crippen MR) is 67.5 cm³/mol. The van der Waals surface area contributed by atoms with E-state index in [4.69, 9.17) is 10.5 Å². The van der Waals surface area contributed by atoms with E-state index in [1.54, 1.807) is 4.68 Å². The van der Waals surface area contributed by atoms with Gasteiger partial charge in [0.25, 0.3) is 0 Å². The zero-order valence-electron chi connectivity index (χ0n) is 10.8. The number of hydrogen-bond donors (Lipinski definition) is 1. The largest absolute Gasteiger partial charge is 0.380 e. The molecule has 0 amide bonds. The minimum Gasteiger partial charge on any atom is -0.380 e. The molecule has 1 aromatic heterocycles. The van der Waals surface area contributed by atoms with Gasteiger partial charge in [0.1, 0.15) is 0 Å². The minimum atomic E-state index is 0.443. The molecule has 0 aliphatic heterocycles. The number of nitrogens with two attached hydrogens (primary N) is 1. The quantitative estimate of drug-likeness (QED) is 0.632. The maximum absolute atomic E-state index is 5.54. The number of hydrogen-bond acceptors (Lipinski definition) is 4. The van der Waals surface area contributed by atoms with Crippen molar-refractivity contribution in [2.24, 2.45) is 5.73 Å². The summed E-state index contributed by atoms with van der Waals surface area (Å²) in [4.78, 5) is 0. The molecule has 0 saturated heterocycles. The second-order valence-corrected chi connectivity index (χ2v) is 4.20. The van der Waals surface area contributed by atoms with Crippen LogP contribution in [0.4, 0.5) is 0 Å². The Hall–Kier alpha value is -0.940. The van der Waals surface area contributed by atoms with Gasteiger partial charge >= 0.3 is 0 Å². The lowest BCUT2D eigenvalue weighted by Gasteiger charge is -2.03. The molecule has 17 heavy (non-hydrogen) atoms. The summed E-state index contributed by atoms with van der Waals surface area (Å²) in [6, 6.07) is 0. The van der Waals surface area contributed by atoms with Gasteiger partial charge in [0.2, 0.25) is 0 Å². The molecule has 1 rings (SSSR count). The van der Waals surface area contributed by atoms with E-state index in [0.717, 1.165) is 25.3 Å². The highest BCUT2D eigenvalue weighted by Crippen LogP contribution is 2.02. The molecule has 0 aliphatic rings. The van der Waals surface area contributed by atoms with Gasteiger partial charge in [-0.2, -0.15) is 0 Å². The van der Waals surface area contributed by atoms with Crippen LogP contribution in [0.3, 0.4) is 0 Å². The third-order valence-corrected chi connectivity index (χ3v) is 2.65. The van der Waals surface area contributed by atoms with Crippen LogP contribution in [0, 0.1) is 0 Å². The third kappa shape index (κ3) is 6.38. The highest BCUT2D eigenvalue weighted by atomic mass is 16.5. The van der Waals surface area contributed by atoms with Crippen molar-refractivity contribution in [1.82, 2.24) is 15.0 Å². The second-order valence-electron chi connectivity index (χ2n) is 4.20. The standard InChI is InChI=1S/C12H24N4O/c1-2-3-4-5-6-8-17-9-7-16-11-12(10-13)14-15-16/h11H,2-10,13H2,1H3. The molecular formula is C12H24N4O. The van der Waals surface area contributed by atoms with E-state index in [9.17, 15) is 0 Å².